The predicted molar refractivity (Wildman–Crippen MR) is 61.6 cm³/mol. The lowest BCUT2D eigenvalue weighted by Gasteiger charge is -2.27. The van der Waals surface area contributed by atoms with Gasteiger partial charge in [0.25, 0.3) is 0 Å². The fourth-order valence-electron chi connectivity index (χ4n) is 1.10. The van der Waals surface area contributed by atoms with Crippen molar-refractivity contribution in [1.29, 1.82) is 0 Å². The third-order valence-corrected chi connectivity index (χ3v) is 2.21. The highest BCUT2D eigenvalue weighted by Crippen LogP contribution is 2.19. The number of hydrogen-bond acceptors (Lipinski definition) is 2. The van der Waals surface area contributed by atoms with E-state index in [0.29, 0.717) is 0 Å². The summed E-state index contributed by atoms with van der Waals surface area (Å²) in [6, 6.07) is 0. The Morgan fingerprint density at radius 2 is 1.33 bits per heavy atom. The number of carbonyl (C=O) groups is 2. The molecule has 0 N–H and O–H groups in total. The fourth-order valence-corrected chi connectivity index (χ4v) is 1.10. The molecule has 0 fully saturated rings. The van der Waals surface area contributed by atoms with Crippen molar-refractivity contribution >= 4 is 11.7 Å². The summed E-state index contributed by atoms with van der Waals surface area (Å²) >= 11 is 0. The van der Waals surface area contributed by atoms with Gasteiger partial charge in [0.15, 0.2) is 5.78 Å². The van der Waals surface area contributed by atoms with Crippen molar-refractivity contribution in [3.63, 3.8) is 0 Å². The zero-order chi connectivity index (χ0) is 12.4. The van der Waals surface area contributed by atoms with Gasteiger partial charge in [0.05, 0.1) is 6.54 Å². The Kier molecular flexibility index (Phi) is 4.08. The summed E-state index contributed by atoms with van der Waals surface area (Å²) in [5.41, 5.74) is -0.806. The minimum Gasteiger partial charge on any atom is -0.338 e. The molecule has 3 nitrogen and oxygen atoms in total. The number of amides is 1. The van der Waals surface area contributed by atoms with Crippen LogP contribution >= 0.6 is 0 Å². The lowest BCUT2D eigenvalue weighted by atomic mass is 9.89. The molecular formula is C12H23NO2. The highest BCUT2D eigenvalue weighted by atomic mass is 16.2. The van der Waals surface area contributed by atoms with Crippen molar-refractivity contribution in [3.05, 3.63) is 0 Å². The Labute approximate surface area is 92.8 Å². The molecule has 15 heavy (non-hydrogen) atoms. The average Bonchev–Trinajstić information content (AvgIpc) is 1.99. The Morgan fingerprint density at radius 1 is 0.933 bits per heavy atom. The molecule has 0 aliphatic rings. The first kappa shape index (κ1) is 14.1. The van der Waals surface area contributed by atoms with Crippen molar-refractivity contribution in [2.45, 2.75) is 41.5 Å². The summed E-state index contributed by atoms with van der Waals surface area (Å²) in [6.45, 7) is 11.4. The Balaban J connectivity index is 4.46. The van der Waals surface area contributed by atoms with Crippen LogP contribution in [0.5, 0.6) is 0 Å². The molecule has 0 saturated heterocycles. The molecule has 1 amide bonds. The van der Waals surface area contributed by atoms with Crippen LogP contribution in [-0.2, 0) is 9.59 Å². The molecule has 0 bridgehead atoms. The maximum atomic E-state index is 11.8. The van der Waals surface area contributed by atoms with E-state index >= 15 is 0 Å². The minimum absolute atomic E-state index is 0.0000926. The molecule has 0 rings (SSSR count). The van der Waals surface area contributed by atoms with E-state index in [4.69, 9.17) is 0 Å². The van der Waals surface area contributed by atoms with E-state index in [9.17, 15) is 9.59 Å². The van der Waals surface area contributed by atoms with Crippen molar-refractivity contribution in [3.8, 4) is 0 Å². The van der Waals surface area contributed by atoms with Gasteiger partial charge in [-0.05, 0) is 0 Å². The number of nitrogens with zero attached hydrogens (tertiary/aromatic N) is 1. The first-order valence-corrected chi connectivity index (χ1v) is 5.25. The van der Waals surface area contributed by atoms with Crippen LogP contribution in [0.15, 0.2) is 0 Å². The van der Waals surface area contributed by atoms with Crippen LogP contribution in [-0.4, -0.2) is 30.2 Å². The summed E-state index contributed by atoms with van der Waals surface area (Å²) in [7, 11) is 1.68. The van der Waals surface area contributed by atoms with Crippen LogP contribution in [0.25, 0.3) is 0 Å². The maximum absolute atomic E-state index is 11.8. The van der Waals surface area contributed by atoms with Crippen molar-refractivity contribution in [2.75, 3.05) is 13.6 Å². The number of rotatable bonds is 2. The molecule has 0 unspecified atom stereocenters. The third kappa shape index (κ3) is 4.45. The van der Waals surface area contributed by atoms with Gasteiger partial charge in [0.1, 0.15) is 0 Å². The molecule has 0 heterocycles. The fraction of sp³-hybridized carbons (Fsp3) is 0.833. The molecule has 0 atom stereocenters. The predicted octanol–water partition coefficient (Wildman–Crippen LogP) is 2.11. The van der Waals surface area contributed by atoms with Crippen LogP contribution in [0.3, 0.4) is 0 Å². The van der Waals surface area contributed by atoms with Gasteiger partial charge in [0, 0.05) is 17.9 Å². The molecule has 0 aliphatic heterocycles. The topological polar surface area (TPSA) is 37.4 Å². The molecular weight excluding hydrogens is 190 g/mol. The van der Waals surface area contributed by atoms with Crippen LogP contribution in [0.4, 0.5) is 0 Å². The van der Waals surface area contributed by atoms with Crippen LogP contribution < -0.4 is 0 Å². The summed E-state index contributed by atoms with van der Waals surface area (Å²) < 4.78 is 0. The second-order valence-corrected chi connectivity index (χ2v) is 6.08. The number of likely N-dealkylation sites (N-methyl/N-ethyl adjacent to an activating group) is 1. The lowest BCUT2D eigenvalue weighted by molar-refractivity contribution is -0.142. The van der Waals surface area contributed by atoms with Gasteiger partial charge in [-0.15, -0.1) is 0 Å². The molecule has 0 radical (unpaired) electrons. The first-order chi connectivity index (χ1) is 6.46. The Hall–Kier alpha value is -0.860. The standard InChI is InChI=1S/C12H23NO2/c1-11(2,3)9(14)8-13(7)10(15)12(4,5)6/h8H2,1-7H3. The average molecular weight is 213 g/mol. The molecule has 0 aliphatic carbocycles. The normalized spacial score (nSPS) is 12.5. The van der Waals surface area contributed by atoms with Crippen LogP contribution in [0, 0.1) is 10.8 Å². The van der Waals surface area contributed by atoms with E-state index in [-0.39, 0.29) is 23.7 Å². The smallest absolute Gasteiger partial charge is 0.228 e. The molecule has 0 aromatic carbocycles. The zero-order valence-corrected chi connectivity index (χ0v) is 11.0. The van der Waals surface area contributed by atoms with Crippen molar-refractivity contribution < 1.29 is 9.59 Å². The second-order valence-electron chi connectivity index (χ2n) is 6.08. The number of carbonyl (C=O) groups excluding carboxylic acids is 2. The first-order valence-electron chi connectivity index (χ1n) is 5.25. The molecule has 0 spiro atoms. The largest absolute Gasteiger partial charge is 0.338 e. The Bertz CT molecular complexity index is 256. The highest BCUT2D eigenvalue weighted by molar-refractivity contribution is 5.90. The SMILES string of the molecule is CN(CC(=O)C(C)(C)C)C(=O)C(C)(C)C. The summed E-state index contributed by atoms with van der Waals surface area (Å²) in [5, 5.41) is 0. The summed E-state index contributed by atoms with van der Waals surface area (Å²) in [6.07, 6.45) is 0. The van der Waals surface area contributed by atoms with Crippen molar-refractivity contribution in [1.82, 2.24) is 4.90 Å². The lowest BCUT2D eigenvalue weighted by Crippen LogP contribution is -2.42. The maximum Gasteiger partial charge on any atom is 0.228 e. The van der Waals surface area contributed by atoms with Crippen LogP contribution in [0.1, 0.15) is 41.5 Å². The molecule has 0 saturated carbocycles. The molecule has 0 aromatic heterocycles. The van der Waals surface area contributed by atoms with Gasteiger partial charge >= 0.3 is 0 Å². The van der Waals surface area contributed by atoms with E-state index in [1.54, 1.807) is 7.05 Å². The third-order valence-electron chi connectivity index (χ3n) is 2.21. The zero-order valence-electron chi connectivity index (χ0n) is 11.0. The van der Waals surface area contributed by atoms with E-state index < -0.39 is 5.41 Å². The van der Waals surface area contributed by atoms with E-state index in [0.717, 1.165) is 0 Å². The summed E-state index contributed by atoms with van der Waals surface area (Å²) in [5.74, 6) is 0.0858. The summed E-state index contributed by atoms with van der Waals surface area (Å²) in [4.78, 5) is 25.0. The molecule has 88 valence electrons. The minimum atomic E-state index is -0.424. The number of ketones is 1. The van der Waals surface area contributed by atoms with E-state index in [1.165, 1.54) is 4.90 Å². The van der Waals surface area contributed by atoms with Crippen LogP contribution in [0.2, 0.25) is 0 Å². The van der Waals surface area contributed by atoms with Gasteiger partial charge < -0.3 is 4.90 Å². The number of Topliss-reactive ketones (excluding diaryl/α,β-unsaturated/α-hetero) is 1. The quantitative estimate of drug-likeness (QED) is 0.704. The highest BCUT2D eigenvalue weighted by Gasteiger charge is 2.29. The molecule has 3 heteroatoms. The van der Waals surface area contributed by atoms with Gasteiger partial charge in [-0.2, -0.15) is 0 Å². The van der Waals surface area contributed by atoms with Crippen molar-refractivity contribution in [2.24, 2.45) is 10.8 Å². The number of hydrogen-bond donors (Lipinski definition) is 0. The van der Waals surface area contributed by atoms with E-state index in [1.807, 2.05) is 41.5 Å². The van der Waals surface area contributed by atoms with E-state index in [2.05, 4.69) is 0 Å². The molecule has 0 aromatic rings. The van der Waals surface area contributed by atoms with Gasteiger partial charge in [0.2, 0.25) is 5.91 Å². The second kappa shape index (κ2) is 4.33. The monoisotopic (exact) mass is 213 g/mol. The van der Waals surface area contributed by atoms with Gasteiger partial charge in [-0.3, -0.25) is 9.59 Å². The van der Waals surface area contributed by atoms with Gasteiger partial charge in [-0.1, -0.05) is 41.5 Å². The Morgan fingerprint density at radius 3 is 1.60 bits per heavy atom. The van der Waals surface area contributed by atoms with Gasteiger partial charge in [-0.25, -0.2) is 0 Å².